The molecule has 17 heteroatoms. The topological polar surface area (TPSA) is 239 Å². The van der Waals surface area contributed by atoms with E-state index in [1.54, 1.807) is 6.92 Å². The smallest absolute Gasteiger partial charge is 0.322 e. The number of nitrogens with one attached hydrogen (secondary N) is 7. The van der Waals surface area contributed by atoms with Gasteiger partial charge in [-0.05, 0) is 132 Å². The van der Waals surface area contributed by atoms with Gasteiger partial charge < -0.3 is 57.9 Å². The number of unbranched alkanes of at least 4 members (excludes halogenated alkanes) is 2. The van der Waals surface area contributed by atoms with Crippen molar-refractivity contribution in [2.24, 2.45) is 5.73 Å². The average molecular weight is 715 g/mol. The fourth-order valence-electron chi connectivity index (χ4n) is 4.86. The van der Waals surface area contributed by atoms with Gasteiger partial charge in [0.05, 0.1) is 6.54 Å². The van der Waals surface area contributed by atoms with E-state index in [1.165, 1.54) is 6.92 Å². The zero-order valence-electron chi connectivity index (χ0n) is 31.2. The van der Waals surface area contributed by atoms with E-state index in [0.29, 0.717) is 19.3 Å². The normalized spacial score (nSPS) is 13.6. The number of carbonyl (C=O) groups excluding carboxylic acids is 5. The lowest BCUT2D eigenvalue weighted by Crippen LogP contribution is -2.57. The van der Waals surface area contributed by atoms with Crippen LogP contribution in [0.4, 0.5) is 0 Å². The van der Waals surface area contributed by atoms with Gasteiger partial charge in [-0.2, -0.15) is 0 Å². The molecule has 0 unspecified atom stereocenters. The van der Waals surface area contributed by atoms with Crippen LogP contribution in [-0.2, 0) is 28.8 Å². The standard InChI is InChI=1S/C33H66N10O7/c1-7-25(32(49)41-26(15-9-11-20-42(3)4)31(48)37-23-29(45)46)40-30(47)24(2)38-33(50)27(39-28(44)22-34)14-8-10-16-35-17-12-18-36-19-13-21-43(5)6/h24-27,35-36H,7-23,34H2,1-6H3,(H,37,48)(H,38,50)(H,39,44)(H,40,47)(H,41,49)(H,45,46)/t24-,25-,26-,27-/m0/s1. The first-order chi connectivity index (χ1) is 23.7. The molecule has 0 aliphatic heterocycles. The molecule has 0 rings (SSSR count). The SMILES string of the molecule is CC[C@H](NC(=O)[C@H](C)NC(=O)[C@H](CCCCNCCCNCCCN(C)C)NC(=O)CN)C(=O)N[C@@H](CCCCN(C)C)C(=O)NCC(=O)O. The fraction of sp³-hybridized carbons (Fsp3) is 0.818. The third kappa shape index (κ3) is 23.9. The number of rotatable bonds is 30. The van der Waals surface area contributed by atoms with E-state index < -0.39 is 66.2 Å². The van der Waals surface area contributed by atoms with Crippen molar-refractivity contribution < 1.29 is 33.9 Å². The van der Waals surface area contributed by atoms with Gasteiger partial charge in [0.15, 0.2) is 0 Å². The molecule has 0 aliphatic rings. The molecule has 0 aromatic carbocycles. The van der Waals surface area contributed by atoms with Crippen molar-refractivity contribution in [3.8, 4) is 0 Å². The molecule has 0 aromatic heterocycles. The molecule has 50 heavy (non-hydrogen) atoms. The number of hydrogen-bond donors (Lipinski definition) is 9. The first-order valence-corrected chi connectivity index (χ1v) is 17.8. The number of carboxylic acid groups (broad SMARTS) is 1. The van der Waals surface area contributed by atoms with E-state index >= 15 is 0 Å². The summed E-state index contributed by atoms with van der Waals surface area (Å²) >= 11 is 0. The Morgan fingerprint density at radius 1 is 0.620 bits per heavy atom. The van der Waals surface area contributed by atoms with Gasteiger partial charge in [0.25, 0.3) is 0 Å². The molecule has 5 amide bonds. The Morgan fingerprint density at radius 3 is 1.68 bits per heavy atom. The Balaban J connectivity index is 4.96. The molecule has 0 radical (unpaired) electrons. The van der Waals surface area contributed by atoms with Gasteiger partial charge in [-0.25, -0.2) is 0 Å². The zero-order valence-corrected chi connectivity index (χ0v) is 31.2. The summed E-state index contributed by atoms with van der Waals surface area (Å²) in [6, 6.07) is -3.94. The summed E-state index contributed by atoms with van der Waals surface area (Å²) in [6.07, 6.45) is 5.72. The Hall–Kier alpha value is -3.38. The number of hydrogen-bond acceptors (Lipinski definition) is 11. The summed E-state index contributed by atoms with van der Waals surface area (Å²) in [5, 5.41) is 28.5. The third-order valence-corrected chi connectivity index (χ3v) is 7.79. The van der Waals surface area contributed by atoms with Crippen LogP contribution in [0.5, 0.6) is 0 Å². The molecule has 290 valence electrons. The lowest BCUT2D eigenvalue weighted by Gasteiger charge is -2.25. The van der Waals surface area contributed by atoms with Crippen LogP contribution in [0.2, 0.25) is 0 Å². The molecular weight excluding hydrogens is 648 g/mol. The second kappa shape index (κ2) is 28.3. The molecule has 0 heterocycles. The summed E-state index contributed by atoms with van der Waals surface area (Å²) in [5.41, 5.74) is 5.46. The number of carbonyl (C=O) groups is 6. The summed E-state index contributed by atoms with van der Waals surface area (Å²) in [5.74, 6) is -4.13. The molecule has 17 nitrogen and oxygen atoms in total. The van der Waals surface area contributed by atoms with E-state index in [0.717, 1.165) is 65.0 Å². The van der Waals surface area contributed by atoms with Crippen LogP contribution in [0.15, 0.2) is 0 Å². The lowest BCUT2D eigenvalue weighted by atomic mass is 10.1. The molecule has 0 fully saturated rings. The Labute approximate surface area is 298 Å². The largest absolute Gasteiger partial charge is 0.480 e. The Kier molecular flexibility index (Phi) is 26.4. The molecule has 4 atom stereocenters. The van der Waals surface area contributed by atoms with Crippen molar-refractivity contribution in [1.29, 1.82) is 0 Å². The van der Waals surface area contributed by atoms with Gasteiger partial charge in [0.1, 0.15) is 30.7 Å². The number of amides is 5. The molecule has 0 saturated carbocycles. The van der Waals surface area contributed by atoms with Crippen LogP contribution in [-0.4, -0.2) is 155 Å². The van der Waals surface area contributed by atoms with Gasteiger partial charge in [-0.15, -0.1) is 0 Å². The van der Waals surface area contributed by atoms with E-state index in [1.807, 2.05) is 19.0 Å². The van der Waals surface area contributed by atoms with Crippen molar-refractivity contribution >= 4 is 35.5 Å². The lowest BCUT2D eigenvalue weighted by molar-refractivity contribution is -0.138. The summed E-state index contributed by atoms with van der Waals surface area (Å²) in [4.78, 5) is 79.1. The average Bonchev–Trinajstić information content (AvgIpc) is 3.06. The maximum atomic E-state index is 13.1. The fourth-order valence-corrected chi connectivity index (χ4v) is 4.86. The molecule has 0 bridgehead atoms. The Morgan fingerprint density at radius 2 is 1.12 bits per heavy atom. The van der Waals surface area contributed by atoms with Crippen molar-refractivity contribution in [2.45, 2.75) is 95.8 Å². The van der Waals surface area contributed by atoms with Gasteiger partial charge in [0.2, 0.25) is 29.5 Å². The Bertz CT molecular complexity index is 1020. The van der Waals surface area contributed by atoms with Crippen molar-refractivity contribution in [1.82, 2.24) is 47.0 Å². The van der Waals surface area contributed by atoms with E-state index in [2.05, 4.69) is 56.2 Å². The molecule has 10 N–H and O–H groups in total. The number of nitrogens with two attached hydrogens (primary N) is 1. The van der Waals surface area contributed by atoms with Crippen molar-refractivity contribution in [3.05, 3.63) is 0 Å². The van der Waals surface area contributed by atoms with Crippen LogP contribution >= 0.6 is 0 Å². The highest BCUT2D eigenvalue weighted by molar-refractivity contribution is 5.95. The summed E-state index contributed by atoms with van der Waals surface area (Å²) in [6.45, 7) is 7.66. The number of nitrogens with zero attached hydrogens (tertiary/aromatic N) is 2. The molecule has 0 spiro atoms. The first-order valence-electron chi connectivity index (χ1n) is 17.8. The second-order valence-electron chi connectivity index (χ2n) is 13.0. The predicted octanol–water partition coefficient (Wildman–Crippen LogP) is -2.06. The van der Waals surface area contributed by atoms with E-state index in [-0.39, 0.29) is 19.4 Å². The maximum absolute atomic E-state index is 13.1. The summed E-state index contributed by atoms with van der Waals surface area (Å²) in [7, 11) is 7.96. The van der Waals surface area contributed by atoms with Gasteiger partial charge >= 0.3 is 5.97 Å². The number of carboxylic acids is 1. The van der Waals surface area contributed by atoms with Gasteiger partial charge in [0, 0.05) is 0 Å². The molecule has 0 aliphatic carbocycles. The van der Waals surface area contributed by atoms with Crippen LogP contribution in [0.1, 0.15) is 71.6 Å². The third-order valence-electron chi connectivity index (χ3n) is 7.79. The maximum Gasteiger partial charge on any atom is 0.322 e. The minimum absolute atomic E-state index is 0.193. The summed E-state index contributed by atoms with van der Waals surface area (Å²) < 4.78 is 0. The second-order valence-corrected chi connectivity index (χ2v) is 13.0. The van der Waals surface area contributed by atoms with Crippen molar-refractivity contribution in [3.63, 3.8) is 0 Å². The minimum atomic E-state index is -1.21. The minimum Gasteiger partial charge on any atom is -0.480 e. The van der Waals surface area contributed by atoms with Crippen LogP contribution in [0.25, 0.3) is 0 Å². The van der Waals surface area contributed by atoms with E-state index in [9.17, 15) is 28.8 Å². The van der Waals surface area contributed by atoms with E-state index in [4.69, 9.17) is 10.8 Å². The zero-order chi connectivity index (χ0) is 37.9. The monoisotopic (exact) mass is 715 g/mol. The van der Waals surface area contributed by atoms with Crippen LogP contribution in [0, 0.1) is 0 Å². The van der Waals surface area contributed by atoms with Crippen LogP contribution < -0.4 is 43.0 Å². The number of aliphatic carboxylic acids is 1. The van der Waals surface area contributed by atoms with Crippen molar-refractivity contribution in [2.75, 3.05) is 80.5 Å². The predicted molar refractivity (Wildman–Crippen MR) is 193 cm³/mol. The molecule has 0 saturated heterocycles. The quantitative estimate of drug-likeness (QED) is 0.0365. The highest BCUT2D eigenvalue weighted by Crippen LogP contribution is 2.05. The highest BCUT2D eigenvalue weighted by Gasteiger charge is 2.29. The highest BCUT2D eigenvalue weighted by atomic mass is 16.4. The van der Waals surface area contributed by atoms with Gasteiger partial charge in [-0.3, -0.25) is 28.8 Å². The molecular formula is C33H66N10O7. The first kappa shape index (κ1) is 46.6. The van der Waals surface area contributed by atoms with Gasteiger partial charge in [-0.1, -0.05) is 6.92 Å². The van der Waals surface area contributed by atoms with Crippen LogP contribution in [0.3, 0.4) is 0 Å². The molecule has 0 aromatic rings.